The molecule has 2 aromatic rings. The van der Waals surface area contributed by atoms with Gasteiger partial charge in [-0.15, -0.1) is 0 Å². The van der Waals surface area contributed by atoms with Crippen LogP contribution in [0.25, 0.3) is 0 Å². The SMILES string of the molecule is CC(=O)Nc1cccc([As](=O)(O)OO)c1.Fc1ccccc1.O=S(=O)(Cl)Cl. The maximum Gasteiger partial charge on any atom is 0.317 e. The number of nitrogens with one attached hydrogen (secondary N) is 1. The average molecular weight is 506 g/mol. The van der Waals surface area contributed by atoms with Crippen molar-refractivity contribution in [1.29, 1.82) is 0 Å². The van der Waals surface area contributed by atoms with E-state index in [1.165, 1.54) is 37.3 Å². The normalized spacial score (nSPS) is 12.4. The molecule has 0 fully saturated rings. The summed E-state index contributed by atoms with van der Waals surface area (Å²) in [5.41, 5.74) is 0.368. The van der Waals surface area contributed by atoms with Crippen molar-refractivity contribution in [2.45, 2.75) is 6.92 Å². The molecule has 0 aromatic heterocycles. The van der Waals surface area contributed by atoms with Crippen LogP contribution in [0.5, 0.6) is 0 Å². The number of benzene rings is 2. The molecule has 0 aliphatic heterocycles. The van der Waals surface area contributed by atoms with E-state index in [1.54, 1.807) is 24.3 Å². The Kier molecular flexibility index (Phi) is 11.5. The third-order valence-electron chi connectivity index (χ3n) is 2.34. The van der Waals surface area contributed by atoms with E-state index < -0.39 is 22.4 Å². The number of carbonyl (C=O) groups excluding carboxylic acids is 1. The fraction of sp³-hybridized carbons (Fsp3) is 0.0714. The largest absolute Gasteiger partial charge is 0.317 e. The number of hydrogen-bond donors (Lipinski definition) is 3. The first-order valence-corrected chi connectivity index (χ1v) is 13.2. The van der Waals surface area contributed by atoms with Gasteiger partial charge in [0.15, 0.2) is 0 Å². The maximum atomic E-state index is 11.9. The van der Waals surface area contributed by atoms with Gasteiger partial charge in [-0.2, -0.15) is 8.42 Å². The number of amides is 1. The van der Waals surface area contributed by atoms with E-state index in [2.05, 4.69) is 30.6 Å². The fourth-order valence-corrected chi connectivity index (χ4v) is 2.83. The summed E-state index contributed by atoms with van der Waals surface area (Å²) in [7, 11) is 4.81. The van der Waals surface area contributed by atoms with E-state index in [1.807, 2.05) is 0 Å². The Hall–Kier alpha value is -1.39. The predicted octanol–water partition coefficient (Wildman–Crippen LogP) is 2.24. The summed E-state index contributed by atoms with van der Waals surface area (Å²) in [4.78, 5) is 10.7. The summed E-state index contributed by atoms with van der Waals surface area (Å²) in [5, 5.41) is 10.7. The van der Waals surface area contributed by atoms with Crippen molar-refractivity contribution in [3.63, 3.8) is 0 Å². The zero-order chi connectivity index (χ0) is 21.1. The van der Waals surface area contributed by atoms with Crippen molar-refractivity contribution < 1.29 is 34.6 Å². The number of anilines is 1. The van der Waals surface area contributed by atoms with Gasteiger partial charge in [0.25, 0.3) is 0 Å². The topological polar surface area (TPSA) is 130 Å². The van der Waals surface area contributed by atoms with Gasteiger partial charge in [-0.05, 0) is 12.1 Å². The molecule has 13 heteroatoms. The van der Waals surface area contributed by atoms with E-state index >= 15 is 0 Å². The Balaban J connectivity index is 0.000000463. The molecule has 150 valence electrons. The van der Waals surface area contributed by atoms with Crippen LogP contribution in [0.1, 0.15) is 6.92 Å². The zero-order valence-corrected chi connectivity index (χ0v) is 17.8. The van der Waals surface area contributed by atoms with Gasteiger partial charge in [0.2, 0.25) is 0 Å². The Morgan fingerprint density at radius 1 is 1.15 bits per heavy atom. The minimum Gasteiger partial charge on any atom is -0.207 e. The van der Waals surface area contributed by atoms with Crippen LogP contribution in [0.4, 0.5) is 10.1 Å². The second-order valence-electron chi connectivity index (χ2n) is 4.51. The van der Waals surface area contributed by atoms with E-state index in [9.17, 15) is 17.0 Å². The van der Waals surface area contributed by atoms with Crippen LogP contribution in [0.15, 0.2) is 54.6 Å². The van der Waals surface area contributed by atoms with Crippen LogP contribution in [0.3, 0.4) is 0 Å². The smallest absolute Gasteiger partial charge is 0.207 e. The van der Waals surface area contributed by atoms with Gasteiger partial charge in [-0.25, -0.2) is 4.39 Å². The molecular formula is C14H15AsCl2FNO7S. The van der Waals surface area contributed by atoms with Crippen LogP contribution in [0, 0.1) is 5.82 Å². The molecule has 0 saturated heterocycles. The molecule has 0 heterocycles. The Morgan fingerprint density at radius 2 is 1.67 bits per heavy atom. The number of rotatable bonds is 3. The molecule has 0 radical (unpaired) electrons. The van der Waals surface area contributed by atoms with Gasteiger partial charge in [0.1, 0.15) is 5.82 Å². The molecule has 0 saturated carbocycles. The summed E-state index contributed by atoms with van der Waals surface area (Å²) >= 11 is -4.83. The monoisotopic (exact) mass is 505 g/mol. The fourth-order valence-electron chi connectivity index (χ4n) is 1.42. The van der Waals surface area contributed by atoms with Gasteiger partial charge in [0, 0.05) is 21.4 Å². The summed E-state index contributed by atoms with van der Waals surface area (Å²) in [6.45, 7) is 1.32. The Bertz CT molecular complexity index is 876. The van der Waals surface area contributed by atoms with E-state index in [0.29, 0.717) is 5.69 Å². The molecule has 0 bridgehead atoms. The van der Waals surface area contributed by atoms with Crippen molar-refractivity contribution in [2.75, 3.05) is 5.32 Å². The molecule has 27 heavy (non-hydrogen) atoms. The van der Waals surface area contributed by atoms with E-state index in [0.717, 1.165) is 0 Å². The number of carbonyl (C=O) groups is 1. The van der Waals surface area contributed by atoms with Crippen molar-refractivity contribution >= 4 is 59.7 Å². The summed E-state index contributed by atoms with van der Waals surface area (Å²) in [5.74, 6) is -0.473. The van der Waals surface area contributed by atoms with Crippen molar-refractivity contribution in [3.05, 3.63) is 60.4 Å². The van der Waals surface area contributed by atoms with Crippen molar-refractivity contribution in [2.24, 2.45) is 0 Å². The molecule has 0 aliphatic carbocycles. The standard InChI is InChI=1S/C8H10AsNO5.C6H5F.Cl2O2S/c1-6(11)10-8-4-2-3-7(5-8)9(12,13)15-14;7-6-4-2-1-3-5-6;1-5(2,3)4/h2-5,14H,1H3,(H,10,11)(H,12,13);1-5H;. The van der Waals surface area contributed by atoms with Crippen molar-refractivity contribution in [3.8, 4) is 0 Å². The second kappa shape index (κ2) is 12.1. The minimum absolute atomic E-state index is 0.0399. The molecule has 2 rings (SSSR count). The molecule has 0 spiro atoms. The molecule has 1 unspecified atom stereocenters. The third kappa shape index (κ3) is 14.3. The Morgan fingerprint density at radius 3 is 2.04 bits per heavy atom. The molecule has 1 amide bonds. The summed E-state index contributed by atoms with van der Waals surface area (Å²) in [6, 6.07) is 13.6. The average Bonchev–Trinajstić information content (AvgIpc) is 2.54. The first-order chi connectivity index (χ1) is 12.3. The number of halogens is 3. The maximum absolute atomic E-state index is 11.9. The predicted molar refractivity (Wildman–Crippen MR) is 99.8 cm³/mol. The molecule has 2 aromatic carbocycles. The molecule has 8 nitrogen and oxygen atoms in total. The molecule has 1 atom stereocenters. The summed E-state index contributed by atoms with van der Waals surface area (Å²) < 4.78 is 54.2. The quantitative estimate of drug-likeness (QED) is 0.252. The Labute approximate surface area is 166 Å². The van der Waals surface area contributed by atoms with Crippen LogP contribution >= 0.6 is 21.4 Å². The van der Waals surface area contributed by atoms with Crippen molar-refractivity contribution in [1.82, 2.24) is 0 Å². The van der Waals surface area contributed by atoms with Gasteiger partial charge >= 0.3 is 96.7 Å². The molecular weight excluding hydrogens is 491 g/mol. The van der Waals surface area contributed by atoms with Gasteiger partial charge in [-0.1, -0.05) is 18.2 Å². The third-order valence-corrected chi connectivity index (χ3v) is 4.75. The van der Waals surface area contributed by atoms with E-state index in [-0.39, 0.29) is 16.1 Å². The van der Waals surface area contributed by atoms with Crippen LogP contribution in [0.2, 0.25) is 0 Å². The van der Waals surface area contributed by atoms with Gasteiger partial charge in [-0.3, -0.25) is 0 Å². The summed E-state index contributed by atoms with van der Waals surface area (Å²) in [6.07, 6.45) is 0. The van der Waals surface area contributed by atoms with Crippen LogP contribution in [-0.2, 0) is 20.7 Å². The van der Waals surface area contributed by atoms with Crippen LogP contribution < -0.4 is 9.67 Å². The minimum atomic E-state index is -4.83. The second-order valence-corrected chi connectivity index (χ2v) is 11.8. The van der Waals surface area contributed by atoms with Crippen LogP contribution in [-0.4, -0.2) is 37.9 Å². The number of hydrogen-bond acceptors (Lipinski definition) is 6. The first-order valence-electron chi connectivity index (χ1n) is 6.74. The zero-order valence-electron chi connectivity index (χ0n) is 13.6. The molecule has 0 aliphatic rings. The van der Waals surface area contributed by atoms with Gasteiger partial charge < -0.3 is 0 Å². The van der Waals surface area contributed by atoms with E-state index in [4.69, 9.17) is 13.7 Å². The van der Waals surface area contributed by atoms with Gasteiger partial charge in [0.05, 0.1) is 0 Å². The molecule has 3 N–H and O–H groups in total. The first kappa shape index (κ1) is 25.6.